The second kappa shape index (κ2) is 4.09. The van der Waals surface area contributed by atoms with Crippen LogP contribution in [0, 0.1) is 0 Å². The molecule has 0 fully saturated rings. The predicted octanol–water partition coefficient (Wildman–Crippen LogP) is 1.72. The van der Waals surface area contributed by atoms with Gasteiger partial charge in [0.15, 0.2) is 0 Å². The van der Waals surface area contributed by atoms with Crippen molar-refractivity contribution in [1.82, 2.24) is 5.32 Å². The lowest BCUT2D eigenvalue weighted by Crippen LogP contribution is -2.40. The highest BCUT2D eigenvalue weighted by Gasteiger charge is 2.23. The lowest BCUT2D eigenvalue weighted by atomic mass is 10.0. The molecule has 1 N–H and O–H groups in total. The number of carbonyl (C=O) groups is 1. The largest absolute Gasteiger partial charge is 0.460 e. The molecule has 0 aliphatic heterocycles. The Hall–Kier alpha value is -0.570. The first-order valence-electron chi connectivity index (χ1n) is 4.57. The summed E-state index contributed by atoms with van der Waals surface area (Å²) in [6.07, 6.45) is 0.390. The average molecular weight is 187 g/mol. The molecule has 0 bridgehead atoms. The van der Waals surface area contributed by atoms with Crippen molar-refractivity contribution >= 4 is 5.97 Å². The first-order chi connectivity index (χ1) is 5.66. The van der Waals surface area contributed by atoms with Crippen molar-refractivity contribution in [3.63, 3.8) is 0 Å². The van der Waals surface area contributed by atoms with Gasteiger partial charge < -0.3 is 10.1 Å². The van der Waals surface area contributed by atoms with Gasteiger partial charge in [-0.05, 0) is 41.7 Å². The van der Waals surface area contributed by atoms with Gasteiger partial charge in [-0.2, -0.15) is 0 Å². The van der Waals surface area contributed by atoms with Gasteiger partial charge in [0.05, 0.1) is 6.42 Å². The van der Waals surface area contributed by atoms with Crippen molar-refractivity contribution in [3.8, 4) is 0 Å². The van der Waals surface area contributed by atoms with Gasteiger partial charge in [-0.25, -0.2) is 0 Å². The number of nitrogens with one attached hydrogen (secondary N) is 1. The zero-order chi connectivity index (χ0) is 10.7. The maximum Gasteiger partial charge on any atom is 0.308 e. The van der Waals surface area contributed by atoms with E-state index in [1.54, 1.807) is 0 Å². The fourth-order valence-corrected chi connectivity index (χ4v) is 0.827. The van der Waals surface area contributed by atoms with Crippen LogP contribution in [0.15, 0.2) is 0 Å². The smallest absolute Gasteiger partial charge is 0.308 e. The van der Waals surface area contributed by atoms with Crippen molar-refractivity contribution in [2.75, 3.05) is 7.05 Å². The third-order valence-electron chi connectivity index (χ3n) is 1.68. The topological polar surface area (TPSA) is 38.3 Å². The van der Waals surface area contributed by atoms with E-state index >= 15 is 0 Å². The highest BCUT2D eigenvalue weighted by atomic mass is 16.6. The third kappa shape index (κ3) is 6.58. The molecule has 0 saturated heterocycles. The van der Waals surface area contributed by atoms with Crippen LogP contribution in [-0.2, 0) is 9.53 Å². The number of esters is 1. The Bertz CT molecular complexity index is 180. The molecule has 0 aliphatic rings. The molecule has 0 unspecified atom stereocenters. The summed E-state index contributed by atoms with van der Waals surface area (Å²) in [6.45, 7) is 9.56. The van der Waals surface area contributed by atoms with Crippen molar-refractivity contribution in [2.24, 2.45) is 0 Å². The van der Waals surface area contributed by atoms with Crippen LogP contribution in [0.3, 0.4) is 0 Å². The van der Waals surface area contributed by atoms with E-state index in [1.807, 2.05) is 41.7 Å². The molecule has 0 atom stereocenters. The molecule has 0 amide bonds. The number of ether oxygens (including phenoxy) is 1. The number of hydrogen-bond donors (Lipinski definition) is 1. The predicted molar refractivity (Wildman–Crippen MR) is 53.6 cm³/mol. The average Bonchev–Trinajstić information content (AvgIpc) is 1.81. The van der Waals surface area contributed by atoms with Gasteiger partial charge in [-0.15, -0.1) is 0 Å². The summed E-state index contributed by atoms with van der Waals surface area (Å²) in [5.74, 6) is -0.160. The van der Waals surface area contributed by atoms with E-state index in [2.05, 4.69) is 5.32 Å². The van der Waals surface area contributed by atoms with Crippen LogP contribution in [0.5, 0.6) is 0 Å². The van der Waals surface area contributed by atoms with E-state index < -0.39 is 0 Å². The molecular formula is C10H21NO2. The van der Waals surface area contributed by atoms with E-state index in [-0.39, 0.29) is 17.1 Å². The van der Waals surface area contributed by atoms with Gasteiger partial charge in [0.25, 0.3) is 0 Å². The van der Waals surface area contributed by atoms with Crippen LogP contribution < -0.4 is 5.32 Å². The third-order valence-corrected chi connectivity index (χ3v) is 1.68. The monoisotopic (exact) mass is 187 g/mol. The Labute approximate surface area is 80.8 Å². The molecule has 0 spiro atoms. The van der Waals surface area contributed by atoms with Crippen LogP contribution in [-0.4, -0.2) is 24.2 Å². The van der Waals surface area contributed by atoms with Gasteiger partial charge in [-0.3, -0.25) is 4.79 Å². The number of hydrogen-bond acceptors (Lipinski definition) is 3. The Morgan fingerprint density at radius 2 is 1.69 bits per heavy atom. The molecule has 0 heterocycles. The maximum absolute atomic E-state index is 11.4. The van der Waals surface area contributed by atoms with Crippen LogP contribution in [0.2, 0.25) is 0 Å². The first kappa shape index (κ1) is 12.4. The van der Waals surface area contributed by atoms with Crippen molar-refractivity contribution < 1.29 is 9.53 Å². The van der Waals surface area contributed by atoms with E-state index in [0.29, 0.717) is 6.42 Å². The molecule has 78 valence electrons. The maximum atomic E-state index is 11.4. The van der Waals surface area contributed by atoms with E-state index in [4.69, 9.17) is 4.74 Å². The zero-order valence-corrected chi connectivity index (χ0v) is 9.52. The Balaban J connectivity index is 4.03. The fourth-order valence-electron chi connectivity index (χ4n) is 0.827. The Kier molecular flexibility index (Phi) is 3.91. The number of rotatable bonds is 3. The molecule has 3 nitrogen and oxygen atoms in total. The van der Waals surface area contributed by atoms with Crippen LogP contribution in [0.1, 0.15) is 41.0 Å². The molecule has 0 aromatic carbocycles. The summed E-state index contributed by atoms with van der Waals surface area (Å²) in [5, 5.41) is 3.06. The standard InChI is InChI=1S/C10H21NO2/c1-9(2,3)13-8(12)7-10(4,5)11-6/h11H,7H2,1-6H3. The van der Waals surface area contributed by atoms with Crippen molar-refractivity contribution in [2.45, 2.75) is 52.2 Å². The molecule has 0 aromatic heterocycles. The Morgan fingerprint density at radius 3 is 2.00 bits per heavy atom. The highest BCUT2D eigenvalue weighted by Crippen LogP contribution is 2.13. The molecule has 0 radical (unpaired) electrons. The fraction of sp³-hybridized carbons (Fsp3) is 0.900. The van der Waals surface area contributed by atoms with Gasteiger partial charge in [-0.1, -0.05) is 0 Å². The summed E-state index contributed by atoms with van der Waals surface area (Å²) in [5.41, 5.74) is -0.580. The summed E-state index contributed by atoms with van der Waals surface area (Å²) in [4.78, 5) is 11.4. The highest BCUT2D eigenvalue weighted by molar-refractivity contribution is 5.71. The molecule has 0 aliphatic carbocycles. The van der Waals surface area contributed by atoms with Gasteiger partial charge in [0.2, 0.25) is 0 Å². The van der Waals surface area contributed by atoms with Gasteiger partial charge in [0, 0.05) is 5.54 Å². The molecule has 3 heteroatoms. The summed E-state index contributed by atoms with van der Waals surface area (Å²) < 4.78 is 5.20. The van der Waals surface area contributed by atoms with Gasteiger partial charge in [0.1, 0.15) is 5.60 Å². The second-order valence-corrected chi connectivity index (χ2v) is 4.90. The first-order valence-corrected chi connectivity index (χ1v) is 4.57. The van der Waals surface area contributed by atoms with E-state index in [9.17, 15) is 4.79 Å². The zero-order valence-electron chi connectivity index (χ0n) is 9.52. The van der Waals surface area contributed by atoms with Crippen LogP contribution in [0.4, 0.5) is 0 Å². The minimum atomic E-state index is -0.388. The van der Waals surface area contributed by atoms with Gasteiger partial charge >= 0.3 is 5.97 Å². The molecule has 13 heavy (non-hydrogen) atoms. The second-order valence-electron chi connectivity index (χ2n) is 4.90. The molecule has 0 saturated carbocycles. The Morgan fingerprint density at radius 1 is 1.23 bits per heavy atom. The quantitative estimate of drug-likeness (QED) is 0.684. The summed E-state index contributed by atoms with van der Waals surface area (Å²) >= 11 is 0. The number of carbonyl (C=O) groups excluding carboxylic acids is 1. The SMILES string of the molecule is CNC(C)(C)CC(=O)OC(C)(C)C. The normalized spacial score (nSPS) is 12.8. The van der Waals surface area contributed by atoms with E-state index in [1.165, 1.54) is 0 Å². The van der Waals surface area contributed by atoms with Crippen molar-refractivity contribution in [3.05, 3.63) is 0 Å². The van der Waals surface area contributed by atoms with Crippen molar-refractivity contribution in [1.29, 1.82) is 0 Å². The van der Waals surface area contributed by atoms with Crippen LogP contribution in [0.25, 0.3) is 0 Å². The molecule has 0 rings (SSSR count). The van der Waals surface area contributed by atoms with Crippen LogP contribution >= 0.6 is 0 Å². The minimum Gasteiger partial charge on any atom is -0.460 e. The van der Waals surface area contributed by atoms with E-state index in [0.717, 1.165) is 0 Å². The molecule has 0 aromatic rings. The lowest BCUT2D eigenvalue weighted by molar-refractivity contribution is -0.156. The lowest BCUT2D eigenvalue weighted by Gasteiger charge is -2.26. The summed E-state index contributed by atoms with van der Waals surface area (Å²) in [7, 11) is 1.84. The molecular weight excluding hydrogens is 166 g/mol. The summed E-state index contributed by atoms with van der Waals surface area (Å²) in [6, 6.07) is 0. The minimum absolute atomic E-state index is 0.160.